The highest BCUT2D eigenvalue weighted by Crippen LogP contribution is 2.17. The molecule has 0 aliphatic heterocycles. The molecule has 0 aliphatic carbocycles. The van der Waals surface area contributed by atoms with E-state index in [0.717, 1.165) is 34.6 Å². The Bertz CT molecular complexity index is 708. The van der Waals surface area contributed by atoms with E-state index in [1.165, 1.54) is 5.56 Å². The molecule has 0 bridgehead atoms. The largest absolute Gasteiger partial charge is 0.385 e. The predicted octanol–water partition coefficient (Wildman–Crippen LogP) is 4.54. The quantitative estimate of drug-likeness (QED) is 0.760. The first kappa shape index (κ1) is 12.9. The summed E-state index contributed by atoms with van der Waals surface area (Å²) in [6, 6.07) is 18.3. The summed E-state index contributed by atoms with van der Waals surface area (Å²) in [6.07, 6.45) is 2.79. The third kappa shape index (κ3) is 3.09. The summed E-state index contributed by atoms with van der Waals surface area (Å²) in [7, 11) is 0. The summed E-state index contributed by atoms with van der Waals surface area (Å²) in [5.41, 5.74) is 3.43. The highest BCUT2D eigenvalue weighted by atomic mass is 35.5. The number of hydrogen-bond acceptors (Lipinski definition) is 2. The zero-order valence-electron chi connectivity index (χ0n) is 11.0. The lowest BCUT2D eigenvalue weighted by atomic mass is 10.1. The molecule has 100 valence electrons. The fraction of sp³-hybridized carbons (Fsp3) is 0.118. The predicted molar refractivity (Wildman–Crippen MR) is 85.4 cm³/mol. The second-order valence-corrected chi connectivity index (χ2v) is 5.15. The molecular formula is C17H15ClN2. The number of hydrogen-bond donors (Lipinski definition) is 1. The summed E-state index contributed by atoms with van der Waals surface area (Å²) in [4.78, 5) is 4.32. The van der Waals surface area contributed by atoms with Gasteiger partial charge in [0.15, 0.2) is 0 Å². The number of nitrogens with one attached hydrogen (secondary N) is 1. The molecular weight excluding hydrogens is 268 g/mol. The number of rotatable bonds is 4. The van der Waals surface area contributed by atoms with E-state index in [1.807, 2.05) is 30.5 Å². The Labute approximate surface area is 123 Å². The summed E-state index contributed by atoms with van der Waals surface area (Å²) in [5, 5.41) is 5.38. The van der Waals surface area contributed by atoms with Crippen molar-refractivity contribution < 1.29 is 0 Å². The minimum Gasteiger partial charge on any atom is -0.385 e. The van der Waals surface area contributed by atoms with Gasteiger partial charge in [-0.3, -0.25) is 4.98 Å². The van der Waals surface area contributed by atoms with Crippen molar-refractivity contribution in [2.75, 3.05) is 11.9 Å². The summed E-state index contributed by atoms with van der Waals surface area (Å²) >= 11 is 5.88. The number of benzene rings is 2. The average molecular weight is 283 g/mol. The van der Waals surface area contributed by atoms with Crippen molar-refractivity contribution in [2.45, 2.75) is 6.42 Å². The van der Waals surface area contributed by atoms with Crippen LogP contribution in [0.5, 0.6) is 0 Å². The molecule has 20 heavy (non-hydrogen) atoms. The fourth-order valence-electron chi connectivity index (χ4n) is 2.19. The van der Waals surface area contributed by atoms with E-state index >= 15 is 0 Å². The van der Waals surface area contributed by atoms with Crippen LogP contribution in [0.1, 0.15) is 5.56 Å². The Kier molecular flexibility index (Phi) is 3.84. The van der Waals surface area contributed by atoms with Gasteiger partial charge in [0.05, 0.1) is 5.52 Å². The molecule has 0 fully saturated rings. The highest BCUT2D eigenvalue weighted by Gasteiger charge is 1.97. The van der Waals surface area contributed by atoms with Gasteiger partial charge in [0.2, 0.25) is 0 Å². The SMILES string of the molecule is Clc1ccc(CCNc2ccc3ncccc3c2)cc1. The lowest BCUT2D eigenvalue weighted by molar-refractivity contribution is 1.02. The van der Waals surface area contributed by atoms with Crippen molar-refractivity contribution in [3.63, 3.8) is 0 Å². The zero-order chi connectivity index (χ0) is 13.8. The van der Waals surface area contributed by atoms with Crippen molar-refractivity contribution in [1.29, 1.82) is 0 Å². The molecule has 3 aromatic rings. The van der Waals surface area contributed by atoms with Crippen LogP contribution in [-0.2, 0) is 6.42 Å². The molecule has 0 amide bonds. The minimum atomic E-state index is 0.781. The number of fused-ring (bicyclic) bond motifs is 1. The molecule has 0 spiro atoms. The van der Waals surface area contributed by atoms with Gasteiger partial charge in [0.25, 0.3) is 0 Å². The average Bonchev–Trinajstić information content (AvgIpc) is 2.49. The van der Waals surface area contributed by atoms with E-state index in [0.29, 0.717) is 0 Å². The summed E-state index contributed by atoms with van der Waals surface area (Å²) < 4.78 is 0. The first-order valence-electron chi connectivity index (χ1n) is 6.64. The summed E-state index contributed by atoms with van der Waals surface area (Å²) in [5.74, 6) is 0. The molecule has 0 saturated heterocycles. The Morgan fingerprint density at radius 2 is 1.85 bits per heavy atom. The summed E-state index contributed by atoms with van der Waals surface area (Å²) in [6.45, 7) is 0.896. The van der Waals surface area contributed by atoms with Gasteiger partial charge in [0, 0.05) is 28.8 Å². The number of aromatic nitrogens is 1. The fourth-order valence-corrected chi connectivity index (χ4v) is 2.31. The van der Waals surface area contributed by atoms with Crippen LogP contribution in [-0.4, -0.2) is 11.5 Å². The topological polar surface area (TPSA) is 24.9 Å². The standard InChI is InChI=1S/C17H15ClN2/c18-15-5-3-13(4-6-15)9-11-19-16-7-8-17-14(12-16)2-1-10-20-17/h1-8,10,12,19H,9,11H2. The smallest absolute Gasteiger partial charge is 0.0703 e. The van der Waals surface area contributed by atoms with E-state index in [4.69, 9.17) is 11.6 Å². The Morgan fingerprint density at radius 1 is 1.00 bits per heavy atom. The molecule has 0 saturated carbocycles. The van der Waals surface area contributed by atoms with Crippen LogP contribution < -0.4 is 5.32 Å². The van der Waals surface area contributed by atoms with Crippen LogP contribution in [0, 0.1) is 0 Å². The second kappa shape index (κ2) is 5.93. The molecule has 3 heteroatoms. The van der Waals surface area contributed by atoms with Crippen molar-refractivity contribution in [2.24, 2.45) is 0 Å². The molecule has 1 heterocycles. The normalized spacial score (nSPS) is 10.7. The minimum absolute atomic E-state index is 0.781. The van der Waals surface area contributed by atoms with Gasteiger partial charge in [-0.2, -0.15) is 0 Å². The molecule has 0 unspecified atom stereocenters. The van der Waals surface area contributed by atoms with Crippen LogP contribution in [0.2, 0.25) is 5.02 Å². The maximum atomic E-state index is 5.88. The molecule has 0 atom stereocenters. The first-order chi connectivity index (χ1) is 9.81. The number of nitrogens with zero attached hydrogens (tertiary/aromatic N) is 1. The van der Waals surface area contributed by atoms with E-state index < -0.39 is 0 Å². The maximum absolute atomic E-state index is 5.88. The number of pyridine rings is 1. The van der Waals surface area contributed by atoms with Crippen LogP contribution >= 0.6 is 11.6 Å². The van der Waals surface area contributed by atoms with Crippen molar-refractivity contribution in [3.05, 3.63) is 71.4 Å². The third-order valence-electron chi connectivity index (χ3n) is 3.26. The molecule has 1 N–H and O–H groups in total. The first-order valence-corrected chi connectivity index (χ1v) is 7.02. The van der Waals surface area contributed by atoms with E-state index in [2.05, 4.69) is 40.6 Å². The van der Waals surface area contributed by atoms with Gasteiger partial charge in [-0.15, -0.1) is 0 Å². The molecule has 3 rings (SSSR count). The van der Waals surface area contributed by atoms with Crippen molar-refractivity contribution in [1.82, 2.24) is 4.98 Å². The number of anilines is 1. The van der Waals surface area contributed by atoms with Crippen LogP contribution in [0.25, 0.3) is 10.9 Å². The van der Waals surface area contributed by atoms with Crippen LogP contribution in [0.4, 0.5) is 5.69 Å². The van der Waals surface area contributed by atoms with E-state index in [-0.39, 0.29) is 0 Å². The number of halogens is 1. The van der Waals surface area contributed by atoms with Gasteiger partial charge < -0.3 is 5.32 Å². The van der Waals surface area contributed by atoms with Gasteiger partial charge in [0.1, 0.15) is 0 Å². The highest BCUT2D eigenvalue weighted by molar-refractivity contribution is 6.30. The monoisotopic (exact) mass is 282 g/mol. The van der Waals surface area contributed by atoms with Gasteiger partial charge >= 0.3 is 0 Å². The van der Waals surface area contributed by atoms with E-state index in [1.54, 1.807) is 0 Å². The molecule has 2 nitrogen and oxygen atoms in total. The molecule has 0 radical (unpaired) electrons. The molecule has 0 aliphatic rings. The van der Waals surface area contributed by atoms with Crippen LogP contribution in [0.15, 0.2) is 60.8 Å². The zero-order valence-corrected chi connectivity index (χ0v) is 11.8. The molecule has 1 aromatic heterocycles. The maximum Gasteiger partial charge on any atom is 0.0703 e. The van der Waals surface area contributed by atoms with Crippen molar-refractivity contribution >= 4 is 28.2 Å². The second-order valence-electron chi connectivity index (χ2n) is 4.71. The Morgan fingerprint density at radius 3 is 2.70 bits per heavy atom. The van der Waals surface area contributed by atoms with Crippen LogP contribution in [0.3, 0.4) is 0 Å². The Hall–Kier alpha value is -2.06. The van der Waals surface area contributed by atoms with E-state index in [9.17, 15) is 0 Å². The van der Waals surface area contributed by atoms with Gasteiger partial charge in [-0.25, -0.2) is 0 Å². The lowest BCUT2D eigenvalue weighted by Crippen LogP contribution is -2.04. The lowest BCUT2D eigenvalue weighted by Gasteiger charge is -2.07. The molecule has 2 aromatic carbocycles. The van der Waals surface area contributed by atoms with Crippen molar-refractivity contribution in [3.8, 4) is 0 Å². The van der Waals surface area contributed by atoms with Gasteiger partial charge in [-0.1, -0.05) is 29.8 Å². The Balaban J connectivity index is 1.63. The third-order valence-corrected chi connectivity index (χ3v) is 3.51. The van der Waals surface area contributed by atoms with Gasteiger partial charge in [-0.05, 0) is 48.4 Å².